The highest BCUT2D eigenvalue weighted by Crippen LogP contribution is 2.22. The Morgan fingerprint density at radius 3 is 2.36 bits per heavy atom. The van der Waals surface area contributed by atoms with E-state index in [1.807, 2.05) is 70.3 Å². The summed E-state index contributed by atoms with van der Waals surface area (Å²) >= 11 is 0. The van der Waals surface area contributed by atoms with Crippen LogP contribution in [0.4, 0.5) is 16.2 Å². The predicted octanol–water partition coefficient (Wildman–Crippen LogP) is 4.47. The van der Waals surface area contributed by atoms with Gasteiger partial charge in [-0.05, 0) is 62.2 Å². The fourth-order valence-electron chi connectivity index (χ4n) is 3.80. The average molecular weight is 443 g/mol. The van der Waals surface area contributed by atoms with E-state index in [9.17, 15) is 9.59 Å². The molecule has 4 aromatic rings. The van der Waals surface area contributed by atoms with Crippen molar-refractivity contribution in [2.45, 2.75) is 27.3 Å². The first-order valence-corrected chi connectivity index (χ1v) is 10.6. The van der Waals surface area contributed by atoms with Crippen molar-refractivity contribution in [3.63, 3.8) is 0 Å². The second kappa shape index (κ2) is 9.12. The molecule has 3 amide bonds. The number of aromatic nitrogens is 3. The number of rotatable bonds is 5. The molecule has 0 radical (unpaired) electrons. The second-order valence-electron chi connectivity index (χ2n) is 8.05. The lowest BCUT2D eigenvalue weighted by atomic mass is 10.1. The van der Waals surface area contributed by atoms with E-state index in [4.69, 9.17) is 0 Å². The minimum atomic E-state index is -0.330. The molecule has 2 aromatic heterocycles. The van der Waals surface area contributed by atoms with Crippen molar-refractivity contribution in [2.75, 3.05) is 10.6 Å². The van der Waals surface area contributed by atoms with Crippen molar-refractivity contribution in [3.8, 4) is 0 Å². The Hall–Kier alpha value is -4.20. The first kappa shape index (κ1) is 22.0. The van der Waals surface area contributed by atoms with Gasteiger partial charge in [0.1, 0.15) is 0 Å². The molecular weight excluding hydrogens is 416 g/mol. The molecule has 3 N–H and O–H groups in total. The zero-order valence-corrected chi connectivity index (χ0v) is 19.1. The van der Waals surface area contributed by atoms with Crippen molar-refractivity contribution in [3.05, 3.63) is 82.7 Å². The Morgan fingerprint density at radius 2 is 1.64 bits per heavy atom. The molecule has 4 rings (SSSR count). The number of amides is 3. The van der Waals surface area contributed by atoms with Gasteiger partial charge in [0.15, 0.2) is 5.65 Å². The van der Waals surface area contributed by atoms with E-state index >= 15 is 0 Å². The molecule has 2 aromatic carbocycles. The van der Waals surface area contributed by atoms with Gasteiger partial charge in [0.25, 0.3) is 5.91 Å². The summed E-state index contributed by atoms with van der Waals surface area (Å²) in [5.74, 6) is -0.197. The van der Waals surface area contributed by atoms with Crippen LogP contribution in [0.1, 0.15) is 32.9 Å². The van der Waals surface area contributed by atoms with Crippen LogP contribution in [-0.2, 0) is 13.6 Å². The molecule has 0 saturated carbocycles. The van der Waals surface area contributed by atoms with E-state index in [-0.39, 0.29) is 11.9 Å². The maximum absolute atomic E-state index is 13.0. The highest BCUT2D eigenvalue weighted by molar-refractivity contribution is 6.06. The van der Waals surface area contributed by atoms with E-state index in [0.717, 1.165) is 33.6 Å². The molecule has 0 spiro atoms. The summed E-state index contributed by atoms with van der Waals surface area (Å²) in [5, 5.41) is 13.8. The normalized spacial score (nSPS) is 10.8. The molecule has 168 valence electrons. The van der Waals surface area contributed by atoms with Gasteiger partial charge in [-0.2, -0.15) is 5.10 Å². The second-order valence-corrected chi connectivity index (χ2v) is 8.05. The van der Waals surface area contributed by atoms with Gasteiger partial charge in [-0.15, -0.1) is 0 Å². The zero-order chi connectivity index (χ0) is 23.5. The van der Waals surface area contributed by atoms with Gasteiger partial charge in [-0.1, -0.05) is 24.3 Å². The summed E-state index contributed by atoms with van der Waals surface area (Å²) in [6.07, 6.45) is 0. The monoisotopic (exact) mass is 442 g/mol. The lowest BCUT2D eigenvalue weighted by Gasteiger charge is -2.11. The number of carbonyl (C=O) groups excluding carboxylic acids is 2. The molecule has 0 aliphatic heterocycles. The number of hydrogen-bond donors (Lipinski definition) is 3. The minimum absolute atomic E-state index is 0.197. The predicted molar refractivity (Wildman–Crippen MR) is 129 cm³/mol. The number of nitrogens with one attached hydrogen (secondary N) is 3. The largest absolute Gasteiger partial charge is 0.348 e. The number of nitrogens with zero attached hydrogens (tertiary/aromatic N) is 3. The Morgan fingerprint density at radius 1 is 0.939 bits per heavy atom. The summed E-state index contributed by atoms with van der Waals surface area (Å²) in [6, 6.07) is 16.4. The highest BCUT2D eigenvalue weighted by Gasteiger charge is 2.17. The molecule has 8 nitrogen and oxygen atoms in total. The minimum Gasteiger partial charge on any atom is -0.348 e. The summed E-state index contributed by atoms with van der Waals surface area (Å²) in [6.45, 7) is 6.01. The van der Waals surface area contributed by atoms with Gasteiger partial charge in [0.05, 0.1) is 16.6 Å². The number of fused-ring (bicyclic) bond motifs is 1. The Bertz CT molecular complexity index is 1360. The topological polar surface area (TPSA) is 101 Å². The Labute approximate surface area is 192 Å². The smallest absolute Gasteiger partial charge is 0.323 e. The third-order valence-electron chi connectivity index (χ3n) is 5.26. The van der Waals surface area contributed by atoms with Crippen molar-refractivity contribution in [2.24, 2.45) is 7.05 Å². The number of carbonyl (C=O) groups is 2. The van der Waals surface area contributed by atoms with Crippen LogP contribution >= 0.6 is 0 Å². The first-order chi connectivity index (χ1) is 15.8. The molecule has 0 fully saturated rings. The number of benzene rings is 2. The quantitative estimate of drug-likeness (QED) is 0.425. The van der Waals surface area contributed by atoms with Gasteiger partial charge in [0.2, 0.25) is 0 Å². The van der Waals surface area contributed by atoms with Gasteiger partial charge in [-0.3, -0.25) is 9.48 Å². The molecule has 0 bridgehead atoms. The number of hydrogen-bond acceptors (Lipinski definition) is 4. The lowest BCUT2D eigenvalue weighted by molar-refractivity contribution is 0.0952. The summed E-state index contributed by atoms with van der Waals surface area (Å²) in [7, 11) is 1.82. The van der Waals surface area contributed by atoms with Crippen LogP contribution in [0.15, 0.2) is 54.6 Å². The zero-order valence-electron chi connectivity index (χ0n) is 19.1. The van der Waals surface area contributed by atoms with E-state index in [1.54, 1.807) is 16.8 Å². The molecule has 2 heterocycles. The maximum atomic E-state index is 13.0. The number of pyridine rings is 1. The van der Waals surface area contributed by atoms with Crippen LogP contribution in [0, 0.1) is 20.8 Å². The van der Waals surface area contributed by atoms with E-state index < -0.39 is 0 Å². The lowest BCUT2D eigenvalue weighted by Crippen LogP contribution is -2.24. The van der Waals surface area contributed by atoms with E-state index in [1.165, 1.54) is 0 Å². The molecule has 0 atom stereocenters. The fourth-order valence-corrected chi connectivity index (χ4v) is 3.80. The van der Waals surface area contributed by atoms with Crippen molar-refractivity contribution in [1.82, 2.24) is 20.1 Å². The number of urea groups is 1. The molecule has 0 aliphatic rings. The van der Waals surface area contributed by atoms with Crippen molar-refractivity contribution < 1.29 is 9.59 Å². The van der Waals surface area contributed by atoms with Crippen LogP contribution in [0.3, 0.4) is 0 Å². The van der Waals surface area contributed by atoms with Crippen molar-refractivity contribution >= 4 is 34.3 Å². The summed E-state index contributed by atoms with van der Waals surface area (Å²) in [4.78, 5) is 29.8. The SMILES string of the molecule is Cc1cccc(NC(=O)Nc2cccc(CNC(=O)c3cc(C)nc4c3c(C)nn4C)c2)c1. The van der Waals surface area contributed by atoms with Crippen LogP contribution in [0.25, 0.3) is 11.0 Å². The summed E-state index contributed by atoms with van der Waals surface area (Å²) < 4.78 is 1.69. The highest BCUT2D eigenvalue weighted by atomic mass is 16.2. The van der Waals surface area contributed by atoms with Gasteiger partial charge in [-0.25, -0.2) is 9.78 Å². The third-order valence-corrected chi connectivity index (χ3v) is 5.26. The van der Waals surface area contributed by atoms with Crippen LogP contribution < -0.4 is 16.0 Å². The Kier molecular flexibility index (Phi) is 6.08. The van der Waals surface area contributed by atoms with Gasteiger partial charge in [0, 0.05) is 30.7 Å². The molecule has 0 aliphatic carbocycles. The first-order valence-electron chi connectivity index (χ1n) is 10.6. The molecule has 0 saturated heterocycles. The average Bonchev–Trinajstić information content (AvgIpc) is 3.05. The van der Waals surface area contributed by atoms with Gasteiger partial charge < -0.3 is 16.0 Å². The van der Waals surface area contributed by atoms with Crippen LogP contribution in [0.2, 0.25) is 0 Å². The van der Waals surface area contributed by atoms with Crippen LogP contribution in [-0.4, -0.2) is 26.7 Å². The molecular formula is C25H26N6O2. The van der Waals surface area contributed by atoms with Crippen molar-refractivity contribution in [1.29, 1.82) is 0 Å². The fraction of sp³-hybridized carbons (Fsp3) is 0.200. The third kappa shape index (κ3) is 5.01. The maximum Gasteiger partial charge on any atom is 0.323 e. The number of aryl methyl sites for hydroxylation is 4. The molecule has 33 heavy (non-hydrogen) atoms. The van der Waals surface area contributed by atoms with E-state index in [0.29, 0.717) is 23.4 Å². The molecule has 8 heteroatoms. The molecule has 0 unspecified atom stereocenters. The summed E-state index contributed by atoms with van der Waals surface area (Å²) in [5.41, 5.74) is 6.03. The standard InChI is InChI=1S/C25H26N6O2/c1-15-7-5-9-19(11-15)28-25(33)29-20-10-6-8-18(13-20)14-26-24(32)21-12-16(2)27-23-22(21)17(3)30-31(23)4/h5-13H,14H2,1-4H3,(H,26,32)(H2,28,29,33). The van der Waals surface area contributed by atoms with Crippen LogP contribution in [0.5, 0.6) is 0 Å². The number of anilines is 2. The van der Waals surface area contributed by atoms with Gasteiger partial charge >= 0.3 is 6.03 Å². The Balaban J connectivity index is 1.43. The van der Waals surface area contributed by atoms with E-state index in [2.05, 4.69) is 26.0 Å².